The van der Waals surface area contributed by atoms with Crippen molar-refractivity contribution in [3.63, 3.8) is 0 Å². The summed E-state index contributed by atoms with van der Waals surface area (Å²) < 4.78 is 29.4. The number of ether oxygens (including phenoxy) is 2. The highest BCUT2D eigenvalue weighted by Gasteiger charge is 2.36. The van der Waals surface area contributed by atoms with E-state index in [1.807, 2.05) is 0 Å². The van der Waals surface area contributed by atoms with Crippen LogP contribution in [0.1, 0.15) is 16.9 Å². The second kappa shape index (κ2) is 9.80. The summed E-state index contributed by atoms with van der Waals surface area (Å²) >= 11 is 6.39. The van der Waals surface area contributed by atoms with Gasteiger partial charge in [-0.05, 0) is 53.6 Å². The van der Waals surface area contributed by atoms with E-state index < -0.39 is 17.8 Å². The standard InChI is InChI=1S/C24H18ClFN2O6/c1-32-20-11-15(10-19(25)21(20)34-13-14-4-6-16(26)7-5-14)9-18-22(29)27-24(31)28(23(18)30)12-17-3-2-8-33-17/h2-11H,12-13H2,1H3,(H,27,29,31)/b18-9+. The van der Waals surface area contributed by atoms with Gasteiger partial charge < -0.3 is 13.9 Å². The van der Waals surface area contributed by atoms with Crippen LogP contribution in [0.15, 0.2) is 64.8 Å². The number of hydrogen-bond acceptors (Lipinski definition) is 6. The number of amides is 4. The maximum atomic E-state index is 13.1. The van der Waals surface area contributed by atoms with Crippen molar-refractivity contribution in [1.29, 1.82) is 0 Å². The first-order valence-corrected chi connectivity index (χ1v) is 10.4. The van der Waals surface area contributed by atoms with E-state index in [1.165, 1.54) is 43.7 Å². The van der Waals surface area contributed by atoms with Crippen LogP contribution >= 0.6 is 11.6 Å². The Labute approximate surface area is 198 Å². The summed E-state index contributed by atoms with van der Waals surface area (Å²) in [6, 6.07) is 11.2. The van der Waals surface area contributed by atoms with Gasteiger partial charge in [0.05, 0.1) is 24.9 Å². The fraction of sp³-hybridized carbons (Fsp3) is 0.125. The molecular weight excluding hydrogens is 467 g/mol. The van der Waals surface area contributed by atoms with Gasteiger partial charge in [-0.25, -0.2) is 9.18 Å². The Morgan fingerprint density at radius 3 is 2.59 bits per heavy atom. The molecule has 1 N–H and O–H groups in total. The molecule has 0 radical (unpaired) electrons. The highest BCUT2D eigenvalue weighted by Crippen LogP contribution is 2.37. The third-order valence-electron chi connectivity index (χ3n) is 4.94. The van der Waals surface area contributed by atoms with Crippen LogP contribution in [0.25, 0.3) is 6.08 Å². The molecule has 34 heavy (non-hydrogen) atoms. The smallest absolute Gasteiger partial charge is 0.331 e. The second-order valence-corrected chi connectivity index (χ2v) is 7.64. The molecule has 0 unspecified atom stereocenters. The number of barbiturate groups is 1. The second-order valence-electron chi connectivity index (χ2n) is 7.24. The summed E-state index contributed by atoms with van der Waals surface area (Å²) in [4.78, 5) is 38.3. The van der Waals surface area contributed by atoms with E-state index >= 15 is 0 Å². The Morgan fingerprint density at radius 1 is 1.15 bits per heavy atom. The number of halogens is 2. The minimum Gasteiger partial charge on any atom is -0.493 e. The first-order valence-electron chi connectivity index (χ1n) is 10.0. The van der Waals surface area contributed by atoms with Crippen LogP contribution < -0.4 is 14.8 Å². The minimum absolute atomic E-state index is 0.113. The average Bonchev–Trinajstić information content (AvgIpc) is 3.33. The summed E-state index contributed by atoms with van der Waals surface area (Å²) in [5.41, 5.74) is 0.836. The van der Waals surface area contributed by atoms with Gasteiger partial charge in [0.1, 0.15) is 23.8 Å². The largest absolute Gasteiger partial charge is 0.493 e. The lowest BCUT2D eigenvalue weighted by Crippen LogP contribution is -2.53. The van der Waals surface area contributed by atoms with Crippen molar-refractivity contribution in [2.24, 2.45) is 0 Å². The van der Waals surface area contributed by atoms with Crippen LogP contribution in [0, 0.1) is 5.82 Å². The molecule has 8 nitrogen and oxygen atoms in total. The molecule has 0 spiro atoms. The Hall–Kier alpha value is -4.11. The third kappa shape index (κ3) is 4.94. The molecule has 174 valence electrons. The summed E-state index contributed by atoms with van der Waals surface area (Å²) in [5, 5.41) is 2.31. The van der Waals surface area contributed by atoms with Gasteiger partial charge in [-0.2, -0.15) is 0 Å². The quantitative estimate of drug-likeness (QED) is 0.396. The zero-order chi connectivity index (χ0) is 24.2. The molecule has 1 aliphatic rings. The lowest BCUT2D eigenvalue weighted by molar-refractivity contribution is -0.130. The van der Waals surface area contributed by atoms with E-state index in [1.54, 1.807) is 24.3 Å². The van der Waals surface area contributed by atoms with Gasteiger partial charge in [-0.1, -0.05) is 23.7 Å². The van der Waals surface area contributed by atoms with E-state index in [2.05, 4.69) is 5.32 Å². The van der Waals surface area contributed by atoms with Crippen LogP contribution in [-0.4, -0.2) is 29.9 Å². The first kappa shape index (κ1) is 23.1. The van der Waals surface area contributed by atoms with Gasteiger partial charge in [-0.15, -0.1) is 0 Å². The molecule has 3 aromatic rings. The number of imide groups is 2. The van der Waals surface area contributed by atoms with Crippen LogP contribution in [0.2, 0.25) is 5.02 Å². The topological polar surface area (TPSA) is 98.1 Å². The average molecular weight is 485 g/mol. The molecule has 10 heteroatoms. The molecule has 0 bridgehead atoms. The fourth-order valence-corrected chi connectivity index (χ4v) is 3.54. The van der Waals surface area contributed by atoms with Crippen molar-refractivity contribution in [2.75, 3.05) is 7.11 Å². The number of rotatable bonds is 7. The molecular formula is C24H18ClFN2O6. The predicted octanol–water partition coefficient (Wildman–Crippen LogP) is 4.32. The SMILES string of the molecule is COc1cc(/C=C2\C(=O)NC(=O)N(Cc3ccco3)C2=O)cc(Cl)c1OCc1ccc(F)cc1. The van der Waals surface area contributed by atoms with Gasteiger partial charge >= 0.3 is 6.03 Å². The molecule has 2 aromatic carbocycles. The van der Waals surface area contributed by atoms with E-state index in [-0.39, 0.29) is 41.1 Å². The Morgan fingerprint density at radius 2 is 1.91 bits per heavy atom. The molecule has 0 aliphatic carbocycles. The monoisotopic (exact) mass is 484 g/mol. The van der Waals surface area contributed by atoms with Gasteiger partial charge in [0.2, 0.25) is 0 Å². The normalized spacial score (nSPS) is 15.0. The van der Waals surface area contributed by atoms with Gasteiger partial charge in [0.25, 0.3) is 11.8 Å². The lowest BCUT2D eigenvalue weighted by Gasteiger charge is -2.25. The Bertz CT molecular complexity index is 1270. The van der Waals surface area contributed by atoms with Crippen LogP contribution in [-0.2, 0) is 22.7 Å². The first-order chi connectivity index (χ1) is 16.4. The zero-order valence-electron chi connectivity index (χ0n) is 17.8. The molecule has 1 saturated heterocycles. The lowest BCUT2D eigenvalue weighted by atomic mass is 10.1. The molecule has 1 fully saturated rings. The fourth-order valence-electron chi connectivity index (χ4n) is 3.26. The van der Waals surface area contributed by atoms with E-state index in [0.717, 1.165) is 10.5 Å². The number of benzene rings is 2. The van der Waals surface area contributed by atoms with Gasteiger partial charge in [-0.3, -0.25) is 19.8 Å². The number of methoxy groups -OCH3 is 1. The predicted molar refractivity (Wildman–Crippen MR) is 120 cm³/mol. The van der Waals surface area contributed by atoms with Crippen molar-refractivity contribution >= 4 is 35.5 Å². The number of nitrogens with one attached hydrogen (secondary N) is 1. The van der Waals surface area contributed by atoms with Gasteiger partial charge in [0.15, 0.2) is 11.5 Å². The van der Waals surface area contributed by atoms with Crippen LogP contribution in [0.5, 0.6) is 11.5 Å². The Balaban J connectivity index is 1.59. The minimum atomic E-state index is -0.844. The van der Waals surface area contributed by atoms with Crippen LogP contribution in [0.4, 0.5) is 9.18 Å². The number of carbonyl (C=O) groups is 3. The highest BCUT2D eigenvalue weighted by molar-refractivity contribution is 6.33. The number of carbonyl (C=O) groups excluding carboxylic acids is 3. The summed E-state index contributed by atoms with van der Waals surface area (Å²) in [7, 11) is 1.41. The molecule has 1 aliphatic heterocycles. The molecule has 0 atom stereocenters. The Kier molecular flexibility index (Phi) is 6.65. The van der Waals surface area contributed by atoms with Crippen molar-refractivity contribution in [1.82, 2.24) is 10.2 Å². The van der Waals surface area contributed by atoms with E-state index in [9.17, 15) is 18.8 Å². The van der Waals surface area contributed by atoms with Crippen molar-refractivity contribution in [3.05, 3.63) is 88.1 Å². The molecule has 1 aromatic heterocycles. The number of urea groups is 1. The number of hydrogen-bond donors (Lipinski definition) is 1. The number of furan rings is 1. The highest BCUT2D eigenvalue weighted by atomic mass is 35.5. The van der Waals surface area contributed by atoms with Gasteiger partial charge in [0, 0.05) is 0 Å². The molecule has 4 rings (SSSR count). The van der Waals surface area contributed by atoms with E-state index in [4.69, 9.17) is 25.5 Å². The molecule has 4 amide bonds. The van der Waals surface area contributed by atoms with Crippen molar-refractivity contribution < 1.29 is 32.7 Å². The van der Waals surface area contributed by atoms with Crippen LogP contribution in [0.3, 0.4) is 0 Å². The third-order valence-corrected chi connectivity index (χ3v) is 5.22. The summed E-state index contributed by atoms with van der Waals surface area (Å²) in [5.74, 6) is -1.10. The molecule has 0 saturated carbocycles. The van der Waals surface area contributed by atoms with E-state index in [0.29, 0.717) is 11.3 Å². The summed E-state index contributed by atoms with van der Waals surface area (Å²) in [6.45, 7) is -0.0237. The van der Waals surface area contributed by atoms with Crippen molar-refractivity contribution in [3.8, 4) is 11.5 Å². The summed E-state index contributed by atoms with van der Waals surface area (Å²) in [6.07, 6.45) is 2.72. The maximum Gasteiger partial charge on any atom is 0.331 e. The zero-order valence-corrected chi connectivity index (χ0v) is 18.6. The number of nitrogens with zero attached hydrogens (tertiary/aromatic N) is 1. The maximum absolute atomic E-state index is 13.1. The van der Waals surface area contributed by atoms with Crippen molar-refractivity contribution in [2.45, 2.75) is 13.2 Å². The molecule has 2 heterocycles.